The van der Waals surface area contributed by atoms with Crippen LogP contribution in [0, 0.1) is 28.6 Å². The number of esters is 2. The number of ether oxygens (including phenoxy) is 2. The van der Waals surface area contributed by atoms with Gasteiger partial charge < -0.3 is 14.6 Å². The highest BCUT2D eigenvalue weighted by Crippen LogP contribution is 2.68. The molecule has 0 radical (unpaired) electrons. The molecule has 0 saturated heterocycles. The number of hydrogen-bond acceptors (Lipinski definition) is 7. The van der Waals surface area contributed by atoms with Crippen LogP contribution in [0.3, 0.4) is 0 Å². The quantitative estimate of drug-likeness (QED) is 0.315. The highest BCUT2D eigenvalue weighted by molar-refractivity contribution is 6.37. The van der Waals surface area contributed by atoms with Gasteiger partial charge in [-0.15, -0.1) is 11.6 Å². The van der Waals surface area contributed by atoms with Crippen LogP contribution in [-0.2, 0) is 28.7 Å². The molecule has 35 heavy (non-hydrogen) atoms. The number of allylic oxidation sites excluding steroid dienone is 1. The molecule has 0 heterocycles. The fourth-order valence-electron chi connectivity index (χ4n) is 8.07. The van der Waals surface area contributed by atoms with Crippen molar-refractivity contribution in [3.05, 3.63) is 11.6 Å². The Kier molecular flexibility index (Phi) is 7.24. The molecule has 3 saturated carbocycles. The lowest BCUT2D eigenvalue weighted by Gasteiger charge is -2.60. The van der Waals surface area contributed by atoms with E-state index in [4.69, 9.17) is 21.1 Å². The smallest absolute Gasteiger partial charge is 0.379 e. The summed E-state index contributed by atoms with van der Waals surface area (Å²) in [5.74, 6) is -2.17. The van der Waals surface area contributed by atoms with Gasteiger partial charge in [0.05, 0.1) is 12.0 Å². The highest BCUT2D eigenvalue weighted by Gasteiger charge is 2.71. The normalized spacial score (nSPS) is 40.1. The average molecular weight is 509 g/mol. The third-order valence-electron chi connectivity index (χ3n) is 9.62. The lowest BCUT2D eigenvalue weighted by Crippen LogP contribution is -2.63. The van der Waals surface area contributed by atoms with Gasteiger partial charge in [-0.05, 0) is 74.2 Å². The largest absolute Gasteiger partial charge is 0.459 e. The maximum absolute atomic E-state index is 13.6. The van der Waals surface area contributed by atoms with Crippen LogP contribution >= 0.6 is 11.6 Å². The van der Waals surface area contributed by atoms with E-state index in [9.17, 15) is 24.3 Å². The molecule has 0 aromatic carbocycles. The van der Waals surface area contributed by atoms with E-state index in [0.717, 1.165) is 18.4 Å². The van der Waals surface area contributed by atoms with Gasteiger partial charge >= 0.3 is 11.9 Å². The van der Waals surface area contributed by atoms with E-state index < -0.39 is 34.8 Å². The van der Waals surface area contributed by atoms with Gasteiger partial charge in [-0.2, -0.15) is 0 Å². The van der Waals surface area contributed by atoms with Crippen LogP contribution in [0.5, 0.6) is 0 Å². The highest BCUT2D eigenvalue weighted by atomic mass is 35.5. The summed E-state index contributed by atoms with van der Waals surface area (Å²) in [4.78, 5) is 51.3. The molecule has 0 bridgehead atoms. The molecule has 1 N–H and O–H groups in total. The van der Waals surface area contributed by atoms with E-state index in [1.807, 2.05) is 13.8 Å². The van der Waals surface area contributed by atoms with Gasteiger partial charge in [-0.1, -0.05) is 26.3 Å². The minimum absolute atomic E-state index is 0.00823. The summed E-state index contributed by atoms with van der Waals surface area (Å²) in [6.07, 6.45) is 5.56. The lowest BCUT2D eigenvalue weighted by molar-refractivity contribution is -0.203. The summed E-state index contributed by atoms with van der Waals surface area (Å²) >= 11 is 5.65. The van der Waals surface area contributed by atoms with Crippen LogP contribution in [0.25, 0.3) is 0 Å². The number of aliphatic hydroxyl groups excluding tert-OH is 1. The molecule has 3 fully saturated rings. The molecule has 8 heteroatoms. The van der Waals surface area contributed by atoms with Gasteiger partial charge in [0.25, 0.3) is 5.78 Å². The fourth-order valence-corrected chi connectivity index (χ4v) is 8.15. The van der Waals surface area contributed by atoms with Crippen LogP contribution < -0.4 is 0 Å². The number of alkyl halides is 1. The minimum Gasteiger partial charge on any atom is -0.459 e. The van der Waals surface area contributed by atoms with Crippen molar-refractivity contribution >= 4 is 35.1 Å². The monoisotopic (exact) mass is 508 g/mol. The molecular weight excluding hydrogens is 472 g/mol. The molecule has 0 aliphatic heterocycles. The second-order valence-electron chi connectivity index (χ2n) is 11.3. The number of hydrogen-bond donors (Lipinski definition) is 1. The predicted molar refractivity (Wildman–Crippen MR) is 129 cm³/mol. The van der Waals surface area contributed by atoms with E-state index in [-0.39, 0.29) is 60.7 Å². The Morgan fingerprint density at radius 1 is 1.17 bits per heavy atom. The molecule has 4 aliphatic rings. The van der Waals surface area contributed by atoms with Crippen molar-refractivity contribution in [1.82, 2.24) is 0 Å². The second-order valence-corrected chi connectivity index (χ2v) is 11.7. The molecule has 1 unspecified atom stereocenters. The number of aliphatic hydroxyl groups is 1. The van der Waals surface area contributed by atoms with E-state index in [1.165, 1.54) is 0 Å². The van der Waals surface area contributed by atoms with Crippen molar-refractivity contribution < 1.29 is 33.8 Å². The van der Waals surface area contributed by atoms with Gasteiger partial charge in [0.15, 0.2) is 11.4 Å². The van der Waals surface area contributed by atoms with Crippen LogP contribution in [0.1, 0.15) is 78.6 Å². The van der Waals surface area contributed by atoms with Gasteiger partial charge in [0.2, 0.25) is 0 Å². The Labute approximate surface area is 211 Å². The summed E-state index contributed by atoms with van der Waals surface area (Å²) in [5, 5.41) is 11.6. The van der Waals surface area contributed by atoms with E-state index in [1.54, 1.807) is 6.08 Å². The Morgan fingerprint density at radius 3 is 2.60 bits per heavy atom. The molecular formula is C27H37ClO7. The molecule has 194 valence electrons. The Hall–Kier alpha value is -1.73. The zero-order valence-corrected chi connectivity index (χ0v) is 21.7. The number of ketones is 2. The Bertz CT molecular complexity index is 944. The Morgan fingerprint density at radius 2 is 1.91 bits per heavy atom. The van der Waals surface area contributed by atoms with Crippen LogP contribution in [-0.4, -0.2) is 52.8 Å². The van der Waals surface area contributed by atoms with Gasteiger partial charge in [-0.3, -0.25) is 14.4 Å². The number of halogens is 1. The Balaban J connectivity index is 1.73. The summed E-state index contributed by atoms with van der Waals surface area (Å²) in [6.45, 7) is 5.80. The number of carbonyl (C=O) groups excluding carboxylic acids is 4. The molecule has 7 nitrogen and oxygen atoms in total. The van der Waals surface area contributed by atoms with Crippen LogP contribution in [0.4, 0.5) is 0 Å². The van der Waals surface area contributed by atoms with Crippen LogP contribution in [0.15, 0.2) is 11.6 Å². The zero-order valence-electron chi connectivity index (χ0n) is 20.9. The predicted octanol–water partition coefficient (Wildman–Crippen LogP) is 3.92. The minimum atomic E-state index is -1.67. The van der Waals surface area contributed by atoms with Gasteiger partial charge in [0.1, 0.15) is 6.61 Å². The van der Waals surface area contributed by atoms with Crippen molar-refractivity contribution in [2.24, 2.45) is 28.6 Å². The van der Waals surface area contributed by atoms with E-state index in [2.05, 4.69) is 6.92 Å². The second kappa shape index (κ2) is 9.62. The van der Waals surface area contributed by atoms with Crippen LogP contribution in [0.2, 0.25) is 0 Å². The SMILES string of the molecule is CCCC(=O)O[C@]1(C(=O)C(=O)OCCCl)CC[C@H]2[C@@H]3CCC4=CC(=O)CC[C@]4(C)[C@H]3C(O)C[C@@]21C. The average Bonchev–Trinajstić information content (AvgIpc) is 3.09. The molecule has 7 atom stereocenters. The first-order valence-corrected chi connectivity index (χ1v) is 13.5. The first kappa shape index (κ1) is 26.3. The maximum atomic E-state index is 13.6. The fraction of sp³-hybridized carbons (Fsp3) is 0.778. The third kappa shape index (κ3) is 4.07. The molecule has 0 aromatic rings. The first-order valence-electron chi connectivity index (χ1n) is 13.0. The number of rotatable bonds is 7. The molecule has 0 aromatic heterocycles. The summed E-state index contributed by atoms with van der Waals surface area (Å²) in [6, 6.07) is 0. The molecule has 0 spiro atoms. The molecule has 4 aliphatic carbocycles. The third-order valence-corrected chi connectivity index (χ3v) is 9.78. The number of fused-ring (bicyclic) bond motifs is 5. The summed E-state index contributed by atoms with van der Waals surface area (Å²) in [5.41, 5.74) is -1.73. The first-order chi connectivity index (χ1) is 16.5. The van der Waals surface area contributed by atoms with Crippen molar-refractivity contribution in [2.75, 3.05) is 12.5 Å². The topological polar surface area (TPSA) is 107 Å². The number of carbonyl (C=O) groups is 4. The van der Waals surface area contributed by atoms with Crippen molar-refractivity contribution in [3.63, 3.8) is 0 Å². The molecule has 0 amide bonds. The van der Waals surface area contributed by atoms with E-state index >= 15 is 0 Å². The maximum Gasteiger partial charge on any atom is 0.379 e. The standard InChI is InChI=1S/C27H37ClO7/c1-4-5-21(31)35-27(23(32)24(33)34-13-12-28)11-9-19-18-7-6-16-14-17(29)8-10-25(16,2)22(18)20(30)15-26(19,27)3/h14,18-20,22,30H,4-13,15H2,1-3H3/t18-,19-,20?,22+,25-,26-,27-/m0/s1. The summed E-state index contributed by atoms with van der Waals surface area (Å²) < 4.78 is 11.0. The number of Topliss-reactive ketones (excluding diaryl/α,β-unsaturated/α-hetero) is 1. The zero-order chi connectivity index (χ0) is 25.6. The lowest BCUT2D eigenvalue weighted by atomic mass is 9.45. The van der Waals surface area contributed by atoms with Crippen molar-refractivity contribution in [1.29, 1.82) is 0 Å². The van der Waals surface area contributed by atoms with Crippen molar-refractivity contribution in [2.45, 2.75) is 90.3 Å². The van der Waals surface area contributed by atoms with Gasteiger partial charge in [-0.25, -0.2) is 4.79 Å². The molecule has 4 rings (SSSR count). The van der Waals surface area contributed by atoms with Gasteiger partial charge in [0, 0.05) is 18.3 Å². The van der Waals surface area contributed by atoms with Crippen molar-refractivity contribution in [3.8, 4) is 0 Å². The van der Waals surface area contributed by atoms with E-state index in [0.29, 0.717) is 25.7 Å². The summed E-state index contributed by atoms with van der Waals surface area (Å²) in [7, 11) is 0.